The van der Waals surface area contributed by atoms with E-state index in [1.54, 1.807) is 0 Å². The molecule has 0 saturated heterocycles. The van der Waals surface area contributed by atoms with Gasteiger partial charge in [-0.25, -0.2) is 0 Å². The minimum absolute atomic E-state index is 0.00624. The zero-order valence-corrected chi connectivity index (χ0v) is 11.1. The summed E-state index contributed by atoms with van der Waals surface area (Å²) in [6.45, 7) is 2.23. The van der Waals surface area contributed by atoms with E-state index in [9.17, 15) is 18.0 Å². The monoisotopic (exact) mass is 276 g/mol. The van der Waals surface area contributed by atoms with Crippen LogP contribution < -0.4 is 0 Å². The van der Waals surface area contributed by atoms with E-state index in [1.165, 1.54) is 0 Å². The first-order valence-electron chi connectivity index (χ1n) is 6.90. The second-order valence-corrected chi connectivity index (χ2v) is 7.20. The van der Waals surface area contributed by atoms with Crippen LogP contribution in [0.4, 0.5) is 13.2 Å². The molecule has 4 aliphatic rings. The molecule has 0 N–H and O–H groups in total. The van der Waals surface area contributed by atoms with Gasteiger partial charge in [-0.3, -0.25) is 4.79 Å². The first-order chi connectivity index (χ1) is 8.70. The van der Waals surface area contributed by atoms with Crippen molar-refractivity contribution in [2.75, 3.05) is 6.61 Å². The maximum Gasteiger partial charge on any atom is 0.392 e. The second kappa shape index (κ2) is 3.96. The smallest absolute Gasteiger partial charge is 0.370 e. The van der Waals surface area contributed by atoms with E-state index >= 15 is 0 Å². The lowest BCUT2D eigenvalue weighted by atomic mass is 9.35. The van der Waals surface area contributed by atoms with Crippen LogP contribution in [0.25, 0.3) is 0 Å². The van der Waals surface area contributed by atoms with Gasteiger partial charge < -0.3 is 4.74 Å². The summed E-state index contributed by atoms with van der Waals surface area (Å²) in [5.74, 6) is -1.18. The lowest BCUT2D eigenvalue weighted by molar-refractivity contribution is -0.220. The van der Waals surface area contributed by atoms with E-state index in [0.717, 1.165) is 19.3 Å². The van der Waals surface area contributed by atoms with Gasteiger partial charge in [0, 0.05) is 6.42 Å². The Hall–Kier alpha value is -0.580. The quantitative estimate of drug-likeness (QED) is 0.768. The molecule has 0 amide bonds. The predicted octanol–water partition coefficient (Wildman–Crippen LogP) is 3.49. The van der Waals surface area contributed by atoms with Crippen LogP contribution in [0.2, 0.25) is 0 Å². The van der Waals surface area contributed by atoms with Crippen molar-refractivity contribution in [3.8, 4) is 0 Å². The van der Waals surface area contributed by atoms with Crippen LogP contribution in [-0.2, 0) is 9.53 Å². The number of rotatable bonds is 5. The van der Waals surface area contributed by atoms with Crippen LogP contribution in [0.1, 0.15) is 45.4 Å². The van der Waals surface area contributed by atoms with E-state index in [0.29, 0.717) is 11.8 Å². The maximum atomic E-state index is 12.3. The molecule has 4 rings (SSSR count). The molecule has 4 aliphatic carbocycles. The van der Waals surface area contributed by atoms with Crippen molar-refractivity contribution in [3.63, 3.8) is 0 Å². The fraction of sp³-hybridized carbons (Fsp3) is 0.929. The van der Waals surface area contributed by atoms with E-state index in [1.807, 2.05) is 0 Å². The normalized spacial score (nSPS) is 44.0. The van der Waals surface area contributed by atoms with Crippen molar-refractivity contribution in [3.05, 3.63) is 0 Å². The Balaban J connectivity index is 1.32. The fourth-order valence-corrected chi connectivity index (χ4v) is 4.40. The van der Waals surface area contributed by atoms with Crippen molar-refractivity contribution in [2.24, 2.45) is 16.7 Å². The number of hydrogen-bond acceptors (Lipinski definition) is 2. The van der Waals surface area contributed by atoms with Gasteiger partial charge in [0.1, 0.15) is 6.61 Å². The highest BCUT2D eigenvalue weighted by atomic mass is 19.4. The van der Waals surface area contributed by atoms with Gasteiger partial charge in [0.05, 0.1) is 12.0 Å². The first-order valence-corrected chi connectivity index (χ1v) is 6.90. The molecule has 19 heavy (non-hydrogen) atoms. The molecule has 2 bridgehead atoms. The molecule has 0 atom stereocenters. The van der Waals surface area contributed by atoms with Crippen LogP contribution in [0.3, 0.4) is 0 Å². The lowest BCUT2D eigenvalue weighted by Crippen LogP contribution is -2.60. The minimum atomic E-state index is -4.11. The van der Waals surface area contributed by atoms with E-state index in [2.05, 4.69) is 6.92 Å². The molecule has 0 unspecified atom stereocenters. The molecule has 4 saturated carbocycles. The Morgan fingerprint density at radius 1 is 1.26 bits per heavy atom. The molecule has 2 nitrogen and oxygen atoms in total. The Bertz CT molecular complexity index is 376. The summed E-state index contributed by atoms with van der Waals surface area (Å²) in [4.78, 5) is 11.8. The standard InChI is InChI=1S/C14H19F3O2/c1-12-6-13(7-12,8-12)4-10(18)5-19-11-2-9(3-11)14(15,16)17/h9,11H,2-8H2,1H3. The SMILES string of the molecule is CC12CC(CC(=O)COC3CC(C(F)(F)F)C3)(C1)C2. The molecular formula is C14H19F3O2. The van der Waals surface area contributed by atoms with Crippen LogP contribution >= 0.6 is 0 Å². The molecule has 0 aliphatic heterocycles. The third-order valence-corrected chi connectivity index (χ3v) is 5.02. The molecule has 108 valence electrons. The zero-order valence-electron chi connectivity index (χ0n) is 11.1. The molecule has 0 spiro atoms. The summed E-state index contributed by atoms with van der Waals surface area (Å²) in [6.07, 6.45) is -0.508. The largest absolute Gasteiger partial charge is 0.392 e. The van der Waals surface area contributed by atoms with Crippen molar-refractivity contribution < 1.29 is 22.7 Å². The molecule has 0 aromatic heterocycles. The summed E-state index contributed by atoms with van der Waals surface area (Å²) in [7, 11) is 0. The fourth-order valence-electron chi connectivity index (χ4n) is 4.40. The number of alkyl halides is 3. The Labute approximate surface area is 110 Å². The van der Waals surface area contributed by atoms with Gasteiger partial charge >= 0.3 is 6.18 Å². The number of Topliss-reactive ketones (excluding diaryl/α,β-unsaturated/α-hetero) is 1. The summed E-state index contributed by atoms with van der Waals surface area (Å²) in [5, 5.41) is 0. The average Bonchev–Trinajstić information content (AvgIpc) is 2.08. The zero-order chi connectivity index (χ0) is 13.9. The van der Waals surface area contributed by atoms with Crippen molar-refractivity contribution >= 4 is 5.78 Å². The Morgan fingerprint density at radius 2 is 1.84 bits per heavy atom. The molecular weight excluding hydrogens is 257 g/mol. The van der Waals surface area contributed by atoms with Gasteiger partial charge in [-0.1, -0.05) is 6.92 Å². The third kappa shape index (κ3) is 2.41. The highest BCUT2D eigenvalue weighted by Crippen LogP contribution is 2.74. The molecule has 0 aromatic carbocycles. The Kier molecular flexibility index (Phi) is 2.80. The predicted molar refractivity (Wildman–Crippen MR) is 62.5 cm³/mol. The van der Waals surface area contributed by atoms with Gasteiger partial charge in [-0.2, -0.15) is 13.2 Å². The van der Waals surface area contributed by atoms with Crippen molar-refractivity contribution in [1.82, 2.24) is 0 Å². The van der Waals surface area contributed by atoms with E-state index < -0.39 is 12.1 Å². The number of ketones is 1. The maximum absolute atomic E-state index is 12.3. The molecule has 0 aromatic rings. The van der Waals surface area contributed by atoms with E-state index in [-0.39, 0.29) is 36.8 Å². The Morgan fingerprint density at radius 3 is 2.32 bits per heavy atom. The minimum Gasteiger partial charge on any atom is -0.370 e. The van der Waals surface area contributed by atoms with Gasteiger partial charge in [-0.05, 0) is 42.9 Å². The molecule has 0 heterocycles. The molecule has 0 radical (unpaired) electrons. The van der Waals surface area contributed by atoms with Crippen LogP contribution in [-0.4, -0.2) is 24.7 Å². The van der Waals surface area contributed by atoms with Crippen LogP contribution in [0, 0.1) is 16.7 Å². The third-order valence-electron chi connectivity index (χ3n) is 5.02. The summed E-state index contributed by atoms with van der Waals surface area (Å²) < 4.78 is 42.1. The number of halogens is 3. The van der Waals surface area contributed by atoms with E-state index in [4.69, 9.17) is 4.74 Å². The van der Waals surface area contributed by atoms with Crippen molar-refractivity contribution in [1.29, 1.82) is 0 Å². The second-order valence-electron chi connectivity index (χ2n) is 7.20. The van der Waals surface area contributed by atoms with Crippen LogP contribution in [0.5, 0.6) is 0 Å². The lowest BCUT2D eigenvalue weighted by Gasteiger charge is -2.70. The molecule has 4 fully saturated rings. The van der Waals surface area contributed by atoms with Gasteiger partial charge in [-0.15, -0.1) is 0 Å². The van der Waals surface area contributed by atoms with Gasteiger partial charge in [0.15, 0.2) is 5.78 Å². The van der Waals surface area contributed by atoms with Crippen LogP contribution in [0.15, 0.2) is 0 Å². The van der Waals surface area contributed by atoms with Gasteiger partial charge in [0.25, 0.3) is 0 Å². The number of carbonyl (C=O) groups excluding carboxylic acids is 1. The average molecular weight is 276 g/mol. The highest BCUT2D eigenvalue weighted by molar-refractivity contribution is 5.81. The summed E-state index contributed by atoms with van der Waals surface area (Å²) >= 11 is 0. The van der Waals surface area contributed by atoms with Gasteiger partial charge in [0.2, 0.25) is 0 Å². The summed E-state index contributed by atoms with van der Waals surface area (Å²) in [6, 6.07) is 0. The topological polar surface area (TPSA) is 26.3 Å². The van der Waals surface area contributed by atoms with Crippen molar-refractivity contribution in [2.45, 2.75) is 57.7 Å². The highest BCUT2D eigenvalue weighted by Gasteiger charge is 2.64. The number of hydrogen-bond donors (Lipinski definition) is 0. The number of ether oxygens (including phenoxy) is 1. The first kappa shape index (κ1) is 13.4. The number of carbonyl (C=O) groups is 1. The summed E-state index contributed by atoms with van der Waals surface area (Å²) in [5.41, 5.74) is 0.707. The molecule has 5 heteroatoms.